The highest BCUT2D eigenvalue weighted by Crippen LogP contribution is 2.50. The third-order valence-corrected chi connectivity index (χ3v) is 5.51. The summed E-state index contributed by atoms with van der Waals surface area (Å²) in [6.45, 7) is -0.333. The fraction of sp³-hybridized carbons (Fsp3) is 0.263. The van der Waals surface area contributed by atoms with E-state index in [0.29, 0.717) is 0 Å². The molecular formula is C19H23F3N5O6P. The number of anilines is 2. The van der Waals surface area contributed by atoms with E-state index < -0.39 is 37.7 Å². The Morgan fingerprint density at radius 2 is 1.38 bits per heavy atom. The monoisotopic (exact) mass is 505 g/mol. The zero-order valence-electron chi connectivity index (χ0n) is 17.7. The summed E-state index contributed by atoms with van der Waals surface area (Å²) in [5, 5.41) is 0. The van der Waals surface area contributed by atoms with Crippen molar-refractivity contribution in [3.05, 3.63) is 60.7 Å². The molecule has 6 N–H and O–H groups in total. The van der Waals surface area contributed by atoms with Gasteiger partial charge in [0.25, 0.3) is 5.53 Å². The SMILES string of the molecule is CCOC(=O)CN(C(=O)C(F)(F)F)C(NNc1ccccc1)(NNc1ccccc1)P(=O)(O)O. The van der Waals surface area contributed by atoms with Crippen molar-refractivity contribution in [1.82, 2.24) is 15.8 Å². The lowest BCUT2D eigenvalue weighted by Crippen LogP contribution is -2.73. The molecule has 0 heterocycles. The van der Waals surface area contributed by atoms with E-state index in [9.17, 15) is 37.1 Å². The molecule has 2 aromatic carbocycles. The van der Waals surface area contributed by atoms with Gasteiger partial charge in [0.05, 0.1) is 6.61 Å². The number of nitrogens with one attached hydrogen (secondary N) is 4. The van der Waals surface area contributed by atoms with Crippen molar-refractivity contribution in [1.29, 1.82) is 0 Å². The molecule has 2 aromatic rings. The molecule has 1 amide bonds. The largest absolute Gasteiger partial charge is 0.471 e. The quantitative estimate of drug-likeness (QED) is 0.116. The number of benzene rings is 2. The first-order valence-corrected chi connectivity index (χ1v) is 11.3. The predicted molar refractivity (Wildman–Crippen MR) is 116 cm³/mol. The second kappa shape index (κ2) is 11.3. The van der Waals surface area contributed by atoms with Crippen molar-refractivity contribution >= 4 is 30.8 Å². The molecule has 0 unspecified atom stereocenters. The van der Waals surface area contributed by atoms with E-state index in [2.05, 4.69) is 26.4 Å². The fourth-order valence-corrected chi connectivity index (χ4v) is 3.53. The number of hydrogen-bond donors (Lipinski definition) is 6. The molecule has 186 valence electrons. The van der Waals surface area contributed by atoms with Crippen molar-refractivity contribution in [2.45, 2.75) is 18.6 Å². The number of hydrogen-bond acceptors (Lipinski definition) is 8. The summed E-state index contributed by atoms with van der Waals surface area (Å²) in [4.78, 5) is 44.4. The topological polar surface area (TPSA) is 152 Å². The first-order valence-electron chi connectivity index (χ1n) is 9.67. The molecule has 11 nitrogen and oxygen atoms in total. The third kappa shape index (κ3) is 6.92. The second-order valence-electron chi connectivity index (χ2n) is 6.64. The Morgan fingerprint density at radius 3 is 1.74 bits per heavy atom. The van der Waals surface area contributed by atoms with E-state index in [1.54, 1.807) is 12.1 Å². The van der Waals surface area contributed by atoms with Crippen LogP contribution in [-0.4, -0.2) is 51.4 Å². The summed E-state index contributed by atoms with van der Waals surface area (Å²) in [6.07, 6.45) is -5.60. The Morgan fingerprint density at radius 1 is 0.941 bits per heavy atom. The first kappa shape index (κ1) is 27.1. The van der Waals surface area contributed by atoms with E-state index in [4.69, 9.17) is 0 Å². The van der Waals surface area contributed by atoms with Gasteiger partial charge in [0, 0.05) is 11.4 Å². The highest BCUT2D eigenvalue weighted by Gasteiger charge is 2.60. The van der Waals surface area contributed by atoms with Crippen molar-refractivity contribution in [2.75, 3.05) is 24.0 Å². The molecule has 0 radical (unpaired) electrons. The van der Waals surface area contributed by atoms with Crippen LogP contribution in [0.4, 0.5) is 24.5 Å². The molecule has 0 aliphatic rings. The number of ether oxygens (including phenoxy) is 1. The summed E-state index contributed by atoms with van der Waals surface area (Å²) in [5.41, 5.74) is 5.90. The Labute approximate surface area is 192 Å². The van der Waals surface area contributed by atoms with Crippen molar-refractivity contribution in [3.63, 3.8) is 0 Å². The number of nitrogens with zero attached hydrogens (tertiary/aromatic N) is 1. The number of amides is 1. The third-order valence-electron chi connectivity index (χ3n) is 4.20. The van der Waals surface area contributed by atoms with Crippen LogP contribution in [0.1, 0.15) is 6.92 Å². The van der Waals surface area contributed by atoms with Crippen LogP contribution < -0.4 is 21.7 Å². The van der Waals surface area contributed by atoms with E-state index in [-0.39, 0.29) is 22.9 Å². The summed E-state index contributed by atoms with van der Waals surface area (Å²) in [7, 11) is -5.79. The van der Waals surface area contributed by atoms with Crippen LogP contribution >= 0.6 is 7.60 Å². The Bertz CT molecular complexity index is 963. The Balaban J connectivity index is 2.60. The smallest absolute Gasteiger partial charge is 0.465 e. The Hall–Kier alpha value is -3.16. The molecule has 0 aromatic heterocycles. The molecule has 0 bridgehead atoms. The van der Waals surface area contributed by atoms with Gasteiger partial charge in [-0.05, 0) is 31.2 Å². The van der Waals surface area contributed by atoms with Gasteiger partial charge in [0.2, 0.25) is 0 Å². The number of alkyl halides is 3. The highest BCUT2D eigenvalue weighted by atomic mass is 31.2. The van der Waals surface area contributed by atoms with Crippen LogP contribution in [0.3, 0.4) is 0 Å². The minimum absolute atomic E-state index is 0.178. The maximum absolute atomic E-state index is 13.5. The molecule has 0 atom stereocenters. The summed E-state index contributed by atoms with van der Waals surface area (Å²) >= 11 is 0. The van der Waals surface area contributed by atoms with Crippen LogP contribution in [0.5, 0.6) is 0 Å². The van der Waals surface area contributed by atoms with Gasteiger partial charge in [-0.15, -0.1) is 0 Å². The number of halogens is 3. The van der Waals surface area contributed by atoms with Gasteiger partial charge in [-0.3, -0.25) is 19.1 Å². The van der Waals surface area contributed by atoms with E-state index in [0.717, 1.165) is 0 Å². The molecule has 0 aliphatic carbocycles. The van der Waals surface area contributed by atoms with E-state index in [1.807, 2.05) is 0 Å². The summed E-state index contributed by atoms with van der Waals surface area (Å²) in [5.74, 6) is -4.05. The molecule has 0 fully saturated rings. The number of carbonyl (C=O) groups is 2. The van der Waals surface area contributed by atoms with Gasteiger partial charge in [-0.2, -0.15) is 24.0 Å². The minimum Gasteiger partial charge on any atom is -0.465 e. The zero-order chi connectivity index (χ0) is 25.4. The first-order chi connectivity index (χ1) is 15.9. The van der Waals surface area contributed by atoms with Gasteiger partial charge in [0.1, 0.15) is 6.54 Å². The lowest BCUT2D eigenvalue weighted by Gasteiger charge is -2.44. The maximum Gasteiger partial charge on any atom is 0.471 e. The van der Waals surface area contributed by atoms with Crippen molar-refractivity contribution in [2.24, 2.45) is 0 Å². The standard InChI is InChI=1S/C19H23F3N5O6P/c1-2-33-16(28)13-27(17(29)18(20,21)22)19(34(30,31)32,25-23-14-9-5-3-6-10-14)26-24-15-11-7-4-8-12-15/h3-12,23-26H,2,13H2,1H3,(H2,30,31,32). The predicted octanol–water partition coefficient (Wildman–Crippen LogP) is 1.96. The minimum atomic E-state index is -5.79. The maximum atomic E-state index is 13.5. The second-order valence-corrected chi connectivity index (χ2v) is 8.38. The molecule has 0 saturated carbocycles. The molecule has 0 saturated heterocycles. The lowest BCUT2D eigenvalue weighted by atomic mass is 10.3. The molecule has 0 spiro atoms. The molecule has 0 aliphatic heterocycles. The van der Waals surface area contributed by atoms with Crippen LogP contribution in [0.15, 0.2) is 60.7 Å². The van der Waals surface area contributed by atoms with Crippen molar-refractivity contribution in [3.8, 4) is 0 Å². The van der Waals surface area contributed by atoms with Gasteiger partial charge >= 0.3 is 25.6 Å². The molecule has 15 heteroatoms. The van der Waals surface area contributed by atoms with Crippen molar-refractivity contribution < 1.29 is 41.8 Å². The van der Waals surface area contributed by atoms with Crippen LogP contribution in [-0.2, 0) is 18.9 Å². The summed E-state index contributed by atoms with van der Waals surface area (Å²) in [6, 6.07) is 15.1. The van der Waals surface area contributed by atoms with E-state index in [1.165, 1.54) is 55.5 Å². The number of carbonyl (C=O) groups excluding carboxylic acids is 2. The van der Waals surface area contributed by atoms with Gasteiger partial charge in [-0.1, -0.05) is 36.4 Å². The number of para-hydroxylation sites is 2. The molecular weight excluding hydrogens is 482 g/mol. The van der Waals surface area contributed by atoms with Crippen LogP contribution in [0.25, 0.3) is 0 Å². The van der Waals surface area contributed by atoms with E-state index >= 15 is 0 Å². The van der Waals surface area contributed by atoms with Gasteiger partial charge in [0.15, 0.2) is 0 Å². The highest BCUT2D eigenvalue weighted by molar-refractivity contribution is 7.53. The lowest BCUT2D eigenvalue weighted by molar-refractivity contribution is -0.193. The van der Waals surface area contributed by atoms with Crippen LogP contribution in [0.2, 0.25) is 0 Å². The molecule has 34 heavy (non-hydrogen) atoms. The fourth-order valence-electron chi connectivity index (χ4n) is 2.65. The summed E-state index contributed by atoms with van der Waals surface area (Å²) < 4.78 is 57.8. The zero-order valence-corrected chi connectivity index (χ0v) is 18.6. The van der Waals surface area contributed by atoms with Gasteiger partial charge < -0.3 is 25.4 Å². The molecule has 2 rings (SSSR count). The van der Waals surface area contributed by atoms with Crippen LogP contribution in [0, 0.1) is 0 Å². The number of hydrazine groups is 2. The average Bonchev–Trinajstić information content (AvgIpc) is 2.78. The number of esters is 1. The normalized spacial score (nSPS) is 12.1. The average molecular weight is 505 g/mol. The number of rotatable bonds is 11. The van der Waals surface area contributed by atoms with Gasteiger partial charge in [-0.25, -0.2) is 0 Å². The Kier molecular flexibility index (Phi) is 9.01.